The van der Waals surface area contributed by atoms with Crippen LogP contribution in [0, 0.1) is 0 Å². The van der Waals surface area contributed by atoms with Gasteiger partial charge in [0.2, 0.25) is 5.82 Å². The summed E-state index contributed by atoms with van der Waals surface area (Å²) in [5.41, 5.74) is 0.514. The first-order valence-electron chi connectivity index (χ1n) is 8.60. The van der Waals surface area contributed by atoms with Gasteiger partial charge in [-0.25, -0.2) is 9.67 Å². The molecule has 1 amide bonds. The van der Waals surface area contributed by atoms with Gasteiger partial charge in [0.25, 0.3) is 5.91 Å². The lowest BCUT2D eigenvalue weighted by Crippen LogP contribution is -2.27. The molecule has 0 unspecified atom stereocenters. The molecule has 0 radical (unpaired) electrons. The predicted octanol–water partition coefficient (Wildman–Crippen LogP) is 2.72. The van der Waals surface area contributed by atoms with E-state index >= 15 is 0 Å². The largest absolute Gasteiger partial charge is 0.349 e. The van der Waals surface area contributed by atoms with E-state index in [-0.39, 0.29) is 11.7 Å². The maximum atomic E-state index is 12.5. The second kappa shape index (κ2) is 8.49. The van der Waals surface area contributed by atoms with E-state index in [0.29, 0.717) is 40.9 Å². The van der Waals surface area contributed by atoms with Gasteiger partial charge in [0.05, 0.1) is 10.0 Å². The van der Waals surface area contributed by atoms with E-state index in [9.17, 15) is 4.79 Å². The van der Waals surface area contributed by atoms with Crippen LogP contribution in [0.1, 0.15) is 36.1 Å². The number of aryl methyl sites for hydroxylation is 2. The lowest BCUT2D eigenvalue weighted by Gasteiger charge is -2.08. The summed E-state index contributed by atoms with van der Waals surface area (Å²) in [5.74, 6) is 1.11. The van der Waals surface area contributed by atoms with E-state index in [0.717, 1.165) is 12.4 Å². The summed E-state index contributed by atoms with van der Waals surface area (Å²) in [7, 11) is 0. The van der Waals surface area contributed by atoms with E-state index in [1.165, 1.54) is 4.68 Å². The molecule has 2 heterocycles. The predicted molar refractivity (Wildman–Crippen MR) is 102 cm³/mol. The van der Waals surface area contributed by atoms with E-state index in [2.05, 4.69) is 25.6 Å². The van der Waals surface area contributed by atoms with Gasteiger partial charge in [-0.1, -0.05) is 36.2 Å². The van der Waals surface area contributed by atoms with Gasteiger partial charge >= 0.3 is 0 Å². The van der Waals surface area contributed by atoms with Gasteiger partial charge in [0, 0.05) is 25.9 Å². The number of benzene rings is 1. The van der Waals surface area contributed by atoms with Crippen molar-refractivity contribution in [2.45, 2.75) is 33.2 Å². The summed E-state index contributed by atoms with van der Waals surface area (Å²) >= 11 is 12.5. The van der Waals surface area contributed by atoms with Crippen LogP contribution in [0.3, 0.4) is 0 Å². The monoisotopic (exact) mass is 407 g/mol. The number of carbonyl (C=O) groups excluding carboxylic acids is 1. The highest BCUT2D eigenvalue weighted by molar-refractivity contribution is 6.37. The number of nitrogens with zero attached hydrogens (tertiary/aromatic N) is 6. The van der Waals surface area contributed by atoms with Crippen LogP contribution < -0.4 is 5.32 Å². The number of rotatable bonds is 7. The maximum absolute atomic E-state index is 12.5. The molecule has 3 rings (SSSR count). The second-order valence-corrected chi connectivity index (χ2v) is 6.54. The minimum atomic E-state index is -0.366. The van der Waals surface area contributed by atoms with Crippen LogP contribution in [0.25, 0.3) is 5.69 Å². The molecule has 0 saturated heterocycles. The molecule has 2 aromatic heterocycles. The van der Waals surface area contributed by atoms with Gasteiger partial charge in [-0.3, -0.25) is 4.79 Å². The first kappa shape index (κ1) is 19.3. The number of hydrogen-bond acceptors (Lipinski definition) is 5. The summed E-state index contributed by atoms with van der Waals surface area (Å²) in [6, 6.07) is 5.18. The highest BCUT2D eigenvalue weighted by atomic mass is 35.5. The van der Waals surface area contributed by atoms with Crippen LogP contribution in [0.2, 0.25) is 10.0 Å². The minimum absolute atomic E-state index is 0.0693. The Morgan fingerprint density at radius 3 is 2.59 bits per heavy atom. The fraction of sp³-hybridized carbons (Fsp3) is 0.353. The van der Waals surface area contributed by atoms with Crippen LogP contribution in [-0.4, -0.2) is 42.0 Å². The molecule has 1 aromatic carbocycles. The molecule has 3 aromatic rings. The average Bonchev–Trinajstić information content (AvgIpc) is 3.28. The van der Waals surface area contributed by atoms with Crippen molar-refractivity contribution in [3.63, 3.8) is 0 Å². The molecule has 0 spiro atoms. The number of nitrogens with one attached hydrogen (secondary N) is 1. The fourth-order valence-electron chi connectivity index (χ4n) is 2.64. The average molecular weight is 408 g/mol. The first-order chi connectivity index (χ1) is 13.0. The minimum Gasteiger partial charge on any atom is -0.349 e. The van der Waals surface area contributed by atoms with Crippen molar-refractivity contribution in [2.75, 3.05) is 6.54 Å². The molecule has 0 atom stereocenters. The number of para-hydroxylation sites is 1. The number of aromatic nitrogens is 6. The SMILES string of the molecule is CCc1nc(C(=O)NCCc2nncn2CC)nn1-c1c(Cl)cccc1Cl. The second-order valence-electron chi connectivity index (χ2n) is 5.73. The molecule has 10 heteroatoms. The van der Waals surface area contributed by atoms with E-state index in [4.69, 9.17) is 23.2 Å². The van der Waals surface area contributed by atoms with Crippen molar-refractivity contribution in [1.82, 2.24) is 34.8 Å². The van der Waals surface area contributed by atoms with E-state index in [1.54, 1.807) is 24.5 Å². The molecular weight excluding hydrogens is 389 g/mol. The Labute approximate surface area is 166 Å². The molecular formula is C17H19Cl2N7O. The van der Waals surface area contributed by atoms with Gasteiger partial charge in [-0.2, -0.15) is 0 Å². The number of carbonyl (C=O) groups is 1. The highest BCUT2D eigenvalue weighted by Crippen LogP contribution is 2.28. The van der Waals surface area contributed by atoms with Gasteiger partial charge < -0.3 is 9.88 Å². The van der Waals surface area contributed by atoms with Crippen molar-refractivity contribution >= 4 is 29.1 Å². The lowest BCUT2D eigenvalue weighted by atomic mass is 10.3. The molecule has 8 nitrogen and oxygen atoms in total. The molecule has 1 N–H and O–H groups in total. The standard InChI is InChI=1S/C17H19Cl2N7O/c1-3-13-22-16(24-26(13)15-11(18)6-5-7-12(15)19)17(27)20-9-8-14-23-21-10-25(14)4-2/h5-7,10H,3-4,8-9H2,1-2H3,(H,20,27). The molecule has 0 fully saturated rings. The van der Waals surface area contributed by atoms with Crippen LogP contribution >= 0.6 is 23.2 Å². The summed E-state index contributed by atoms with van der Waals surface area (Å²) in [6.45, 7) is 5.11. The normalized spacial score (nSPS) is 11.0. The third-order valence-corrected chi connectivity index (χ3v) is 4.62. The molecule has 0 bridgehead atoms. The van der Waals surface area contributed by atoms with Crippen molar-refractivity contribution in [2.24, 2.45) is 0 Å². The Morgan fingerprint density at radius 1 is 1.19 bits per heavy atom. The highest BCUT2D eigenvalue weighted by Gasteiger charge is 2.19. The van der Waals surface area contributed by atoms with E-state index < -0.39 is 0 Å². The summed E-state index contributed by atoms with van der Waals surface area (Å²) in [6.07, 6.45) is 2.81. The first-order valence-corrected chi connectivity index (χ1v) is 9.35. The Hall–Kier alpha value is -2.45. The zero-order valence-corrected chi connectivity index (χ0v) is 16.5. The van der Waals surface area contributed by atoms with Crippen molar-refractivity contribution in [3.8, 4) is 5.69 Å². The Balaban J connectivity index is 1.75. The zero-order chi connectivity index (χ0) is 19.4. The number of hydrogen-bond donors (Lipinski definition) is 1. The quantitative estimate of drug-likeness (QED) is 0.649. The Kier molecular flexibility index (Phi) is 6.08. The maximum Gasteiger partial charge on any atom is 0.290 e. The fourth-order valence-corrected chi connectivity index (χ4v) is 3.20. The smallest absolute Gasteiger partial charge is 0.290 e. The summed E-state index contributed by atoms with van der Waals surface area (Å²) in [5, 5.41) is 15.9. The number of amides is 1. The van der Waals surface area contributed by atoms with Gasteiger partial charge in [-0.15, -0.1) is 15.3 Å². The lowest BCUT2D eigenvalue weighted by molar-refractivity contribution is 0.0943. The topological polar surface area (TPSA) is 90.5 Å². The van der Waals surface area contributed by atoms with Crippen LogP contribution in [0.4, 0.5) is 0 Å². The van der Waals surface area contributed by atoms with E-state index in [1.807, 2.05) is 18.4 Å². The molecule has 0 saturated carbocycles. The molecule has 0 aliphatic carbocycles. The molecule has 27 heavy (non-hydrogen) atoms. The third kappa shape index (κ3) is 4.12. The van der Waals surface area contributed by atoms with Crippen molar-refractivity contribution in [3.05, 3.63) is 52.0 Å². The molecule has 0 aliphatic heterocycles. The van der Waals surface area contributed by atoms with Gasteiger partial charge in [0.15, 0.2) is 0 Å². The summed E-state index contributed by atoms with van der Waals surface area (Å²) in [4.78, 5) is 16.8. The molecule has 0 aliphatic rings. The zero-order valence-electron chi connectivity index (χ0n) is 15.0. The van der Waals surface area contributed by atoms with Gasteiger partial charge in [-0.05, 0) is 19.1 Å². The molecule has 142 valence electrons. The van der Waals surface area contributed by atoms with Crippen LogP contribution in [0.5, 0.6) is 0 Å². The number of halogens is 2. The third-order valence-electron chi connectivity index (χ3n) is 4.01. The Morgan fingerprint density at radius 2 is 1.93 bits per heavy atom. The Bertz CT molecular complexity index is 930. The van der Waals surface area contributed by atoms with Crippen molar-refractivity contribution < 1.29 is 4.79 Å². The van der Waals surface area contributed by atoms with Crippen molar-refractivity contribution in [1.29, 1.82) is 0 Å². The van der Waals surface area contributed by atoms with Crippen LogP contribution in [-0.2, 0) is 19.4 Å². The van der Waals surface area contributed by atoms with Gasteiger partial charge in [0.1, 0.15) is 23.7 Å². The summed E-state index contributed by atoms with van der Waals surface area (Å²) < 4.78 is 3.45. The van der Waals surface area contributed by atoms with Crippen LogP contribution in [0.15, 0.2) is 24.5 Å².